The van der Waals surface area contributed by atoms with Crippen LogP contribution >= 0.6 is 22.3 Å². The zero-order valence-corrected chi connectivity index (χ0v) is 14.6. The van der Waals surface area contributed by atoms with Gasteiger partial charge < -0.3 is 0 Å². The Bertz CT molecular complexity index is 627. The second-order valence-electron chi connectivity index (χ2n) is 5.15. The van der Waals surface area contributed by atoms with E-state index in [-0.39, 0.29) is 6.42 Å². The standard InChI is InChI=1S/C12H17Cl2F3N2O2S/c1-4-5-6-8(13)9-10(12(15,16)17)19(7(2)3)18-11(9)22(14,20)21/h7-8H,4-6H2,1-3H3. The van der Waals surface area contributed by atoms with E-state index in [1.165, 1.54) is 13.8 Å². The van der Waals surface area contributed by atoms with E-state index < -0.39 is 42.9 Å². The van der Waals surface area contributed by atoms with Gasteiger partial charge in [-0.15, -0.1) is 11.6 Å². The molecule has 0 spiro atoms. The third-order valence-electron chi connectivity index (χ3n) is 3.03. The molecule has 0 saturated heterocycles. The quantitative estimate of drug-likeness (QED) is 0.521. The fourth-order valence-electron chi connectivity index (χ4n) is 2.07. The van der Waals surface area contributed by atoms with E-state index >= 15 is 0 Å². The van der Waals surface area contributed by atoms with E-state index in [1.54, 1.807) is 0 Å². The van der Waals surface area contributed by atoms with Crippen LogP contribution in [0.25, 0.3) is 0 Å². The van der Waals surface area contributed by atoms with Gasteiger partial charge in [-0.2, -0.15) is 18.3 Å². The summed E-state index contributed by atoms with van der Waals surface area (Å²) in [5, 5.41) is 1.62. The van der Waals surface area contributed by atoms with Crippen molar-refractivity contribution in [1.82, 2.24) is 9.78 Å². The van der Waals surface area contributed by atoms with Gasteiger partial charge in [0.2, 0.25) is 0 Å². The molecule has 1 unspecified atom stereocenters. The Morgan fingerprint density at radius 3 is 2.23 bits per heavy atom. The van der Waals surface area contributed by atoms with Crippen LogP contribution in [0.5, 0.6) is 0 Å². The maximum Gasteiger partial charge on any atom is 0.433 e. The summed E-state index contributed by atoms with van der Waals surface area (Å²) >= 11 is 6.05. The second kappa shape index (κ2) is 6.97. The lowest BCUT2D eigenvalue weighted by Gasteiger charge is -2.17. The van der Waals surface area contributed by atoms with Gasteiger partial charge in [-0.1, -0.05) is 19.8 Å². The van der Waals surface area contributed by atoms with Crippen molar-refractivity contribution in [2.75, 3.05) is 0 Å². The summed E-state index contributed by atoms with van der Waals surface area (Å²) in [6.45, 7) is 4.78. The molecule has 1 atom stereocenters. The second-order valence-corrected chi connectivity index (χ2v) is 8.16. The number of unbranched alkanes of at least 4 members (excludes halogenated alkanes) is 1. The van der Waals surface area contributed by atoms with E-state index in [0.717, 1.165) is 0 Å². The maximum absolute atomic E-state index is 13.4. The van der Waals surface area contributed by atoms with Crippen LogP contribution in [0.4, 0.5) is 13.2 Å². The molecule has 1 aromatic heterocycles. The Morgan fingerprint density at radius 2 is 1.86 bits per heavy atom. The molecule has 0 aromatic carbocycles. The predicted molar refractivity (Wildman–Crippen MR) is 78.8 cm³/mol. The highest BCUT2D eigenvalue weighted by Crippen LogP contribution is 2.43. The van der Waals surface area contributed by atoms with Gasteiger partial charge in [0.05, 0.1) is 5.38 Å². The van der Waals surface area contributed by atoms with Gasteiger partial charge in [0, 0.05) is 22.3 Å². The molecule has 0 fully saturated rings. The van der Waals surface area contributed by atoms with E-state index in [4.69, 9.17) is 22.3 Å². The molecule has 0 bridgehead atoms. The molecule has 0 saturated carbocycles. The van der Waals surface area contributed by atoms with Crippen LogP contribution in [-0.2, 0) is 15.2 Å². The topological polar surface area (TPSA) is 52.0 Å². The largest absolute Gasteiger partial charge is 0.433 e. The summed E-state index contributed by atoms with van der Waals surface area (Å²) < 4.78 is 64.0. The summed E-state index contributed by atoms with van der Waals surface area (Å²) in [6.07, 6.45) is -3.32. The number of alkyl halides is 4. The van der Waals surface area contributed by atoms with E-state index in [0.29, 0.717) is 17.5 Å². The van der Waals surface area contributed by atoms with Gasteiger partial charge >= 0.3 is 6.18 Å². The highest BCUT2D eigenvalue weighted by molar-refractivity contribution is 8.13. The number of hydrogen-bond donors (Lipinski definition) is 0. The van der Waals surface area contributed by atoms with Gasteiger partial charge in [-0.3, -0.25) is 4.68 Å². The lowest BCUT2D eigenvalue weighted by atomic mass is 10.1. The molecule has 0 radical (unpaired) electrons. The molecular formula is C12H17Cl2F3N2O2S. The van der Waals surface area contributed by atoms with Crippen molar-refractivity contribution in [1.29, 1.82) is 0 Å². The van der Waals surface area contributed by atoms with Crippen LogP contribution in [0.2, 0.25) is 0 Å². The molecule has 1 heterocycles. The lowest BCUT2D eigenvalue weighted by molar-refractivity contribution is -0.145. The van der Waals surface area contributed by atoms with Gasteiger partial charge in [0.1, 0.15) is 5.69 Å². The minimum absolute atomic E-state index is 0.199. The Hall–Kier alpha value is -0.470. The first kappa shape index (κ1) is 19.6. The van der Waals surface area contributed by atoms with Gasteiger partial charge in [0.15, 0.2) is 5.03 Å². The molecule has 10 heteroatoms. The first-order valence-corrected chi connectivity index (χ1v) is 9.44. The average molecular weight is 381 g/mol. The Labute approximate surface area is 137 Å². The van der Waals surface area contributed by atoms with Crippen LogP contribution < -0.4 is 0 Å². The third kappa shape index (κ3) is 4.29. The van der Waals surface area contributed by atoms with Crippen LogP contribution in [0, 0.1) is 0 Å². The number of aromatic nitrogens is 2. The molecule has 1 rings (SSSR count). The first-order valence-electron chi connectivity index (χ1n) is 6.69. The molecule has 0 amide bonds. The zero-order valence-electron chi connectivity index (χ0n) is 12.3. The van der Waals surface area contributed by atoms with Crippen molar-refractivity contribution >= 4 is 31.3 Å². The maximum atomic E-state index is 13.4. The van der Waals surface area contributed by atoms with Gasteiger partial charge in [0.25, 0.3) is 9.05 Å². The van der Waals surface area contributed by atoms with Crippen molar-refractivity contribution in [2.45, 2.75) is 62.7 Å². The number of halogens is 5. The Kier molecular flexibility index (Phi) is 6.20. The SMILES string of the molecule is CCCCC(Cl)c1c(S(=O)(=O)Cl)nn(C(C)C)c1C(F)(F)F. The summed E-state index contributed by atoms with van der Waals surface area (Å²) in [5.74, 6) is 0. The molecular weight excluding hydrogens is 364 g/mol. The van der Waals surface area contributed by atoms with Crippen molar-refractivity contribution in [3.63, 3.8) is 0 Å². The fourth-order valence-corrected chi connectivity index (χ4v) is 3.53. The van der Waals surface area contributed by atoms with E-state index in [2.05, 4.69) is 5.10 Å². The fraction of sp³-hybridized carbons (Fsp3) is 0.750. The third-order valence-corrected chi connectivity index (χ3v) is 4.66. The molecule has 0 aliphatic carbocycles. The minimum Gasteiger partial charge on any atom is -0.256 e. The smallest absolute Gasteiger partial charge is 0.256 e. The first-order chi connectivity index (χ1) is 9.91. The minimum atomic E-state index is -4.79. The Balaban J connectivity index is 3.67. The summed E-state index contributed by atoms with van der Waals surface area (Å²) in [6, 6.07) is -0.697. The predicted octanol–water partition coefficient (Wildman–Crippen LogP) is 4.88. The molecule has 128 valence electrons. The Morgan fingerprint density at radius 1 is 1.32 bits per heavy atom. The van der Waals surface area contributed by atoms with Crippen LogP contribution in [0.15, 0.2) is 5.03 Å². The van der Waals surface area contributed by atoms with E-state index in [9.17, 15) is 21.6 Å². The van der Waals surface area contributed by atoms with Crippen LogP contribution in [-0.4, -0.2) is 18.2 Å². The molecule has 22 heavy (non-hydrogen) atoms. The zero-order chi connectivity index (χ0) is 17.3. The highest BCUT2D eigenvalue weighted by atomic mass is 35.7. The van der Waals surface area contributed by atoms with Crippen LogP contribution in [0.1, 0.15) is 62.7 Å². The lowest BCUT2D eigenvalue weighted by Crippen LogP contribution is -2.18. The normalized spacial score (nSPS) is 14.6. The van der Waals surface area contributed by atoms with Crippen molar-refractivity contribution in [3.8, 4) is 0 Å². The molecule has 0 aliphatic heterocycles. The van der Waals surface area contributed by atoms with Crippen molar-refractivity contribution in [3.05, 3.63) is 11.3 Å². The summed E-state index contributed by atoms with van der Waals surface area (Å²) in [5.41, 5.74) is -1.72. The van der Waals surface area contributed by atoms with Crippen molar-refractivity contribution in [2.24, 2.45) is 0 Å². The summed E-state index contributed by atoms with van der Waals surface area (Å²) in [7, 11) is 0.809. The number of rotatable bonds is 6. The highest BCUT2D eigenvalue weighted by Gasteiger charge is 2.44. The van der Waals surface area contributed by atoms with E-state index in [1.807, 2.05) is 6.92 Å². The molecule has 0 N–H and O–H groups in total. The summed E-state index contributed by atoms with van der Waals surface area (Å²) in [4.78, 5) is 0. The van der Waals surface area contributed by atoms with Gasteiger partial charge in [-0.05, 0) is 20.3 Å². The monoisotopic (exact) mass is 380 g/mol. The average Bonchev–Trinajstić information content (AvgIpc) is 2.75. The van der Waals surface area contributed by atoms with Gasteiger partial charge in [-0.25, -0.2) is 8.42 Å². The molecule has 1 aromatic rings. The van der Waals surface area contributed by atoms with Crippen LogP contribution in [0.3, 0.4) is 0 Å². The number of nitrogens with zero attached hydrogens (tertiary/aromatic N) is 2. The van der Waals surface area contributed by atoms with Crippen molar-refractivity contribution < 1.29 is 21.6 Å². The molecule has 0 aliphatic rings. The molecule has 4 nitrogen and oxygen atoms in total. The number of hydrogen-bond acceptors (Lipinski definition) is 3.